The van der Waals surface area contributed by atoms with E-state index in [1.807, 2.05) is 0 Å². The van der Waals surface area contributed by atoms with Crippen molar-refractivity contribution >= 4 is 6.29 Å². The highest BCUT2D eigenvalue weighted by atomic mass is 16.5. The van der Waals surface area contributed by atoms with E-state index < -0.39 is 0 Å². The van der Waals surface area contributed by atoms with Gasteiger partial charge in [0.05, 0.1) is 19.3 Å². The predicted octanol–water partition coefficient (Wildman–Crippen LogP) is 1.72. The lowest BCUT2D eigenvalue weighted by molar-refractivity contribution is 0.112. The summed E-state index contributed by atoms with van der Waals surface area (Å²) in [5, 5.41) is 0. The van der Waals surface area contributed by atoms with Crippen LogP contribution in [-0.4, -0.2) is 20.0 Å². The Hall–Kier alpha value is -1.51. The molecule has 0 N–H and O–H groups in total. The number of hydrogen-bond acceptors (Lipinski definition) is 3. The van der Waals surface area contributed by atoms with Crippen molar-refractivity contribution in [3.05, 3.63) is 30.7 Å². The van der Waals surface area contributed by atoms with Crippen LogP contribution in [-0.2, 0) is 0 Å². The molecule has 0 fully saturated rings. The Labute approximate surface area is 77.3 Å². The van der Waals surface area contributed by atoms with Gasteiger partial charge in [0.1, 0.15) is 0 Å². The lowest BCUT2D eigenvalue weighted by atomic mass is 10.2. The third-order valence-corrected chi connectivity index (χ3v) is 1.60. The van der Waals surface area contributed by atoms with Crippen LogP contribution in [0.3, 0.4) is 0 Å². The lowest BCUT2D eigenvalue weighted by Gasteiger charge is -2.09. The molecule has 0 atom stereocenters. The Morgan fingerprint density at radius 2 is 2.31 bits per heavy atom. The van der Waals surface area contributed by atoms with Gasteiger partial charge in [0, 0.05) is 0 Å². The molecule has 0 aliphatic carbocycles. The van der Waals surface area contributed by atoms with Crippen LogP contribution in [0.1, 0.15) is 10.4 Å². The van der Waals surface area contributed by atoms with E-state index >= 15 is 0 Å². The minimum Gasteiger partial charge on any atom is -0.492 e. The van der Waals surface area contributed by atoms with Crippen LogP contribution in [0.25, 0.3) is 0 Å². The van der Waals surface area contributed by atoms with E-state index in [2.05, 4.69) is 6.92 Å². The van der Waals surface area contributed by atoms with E-state index in [4.69, 9.17) is 9.47 Å². The van der Waals surface area contributed by atoms with Crippen LogP contribution >= 0.6 is 0 Å². The monoisotopic (exact) mass is 179 g/mol. The zero-order valence-electron chi connectivity index (χ0n) is 7.45. The topological polar surface area (TPSA) is 35.5 Å². The molecule has 0 bridgehead atoms. The van der Waals surface area contributed by atoms with E-state index in [0.717, 1.165) is 6.29 Å². The van der Waals surface area contributed by atoms with Crippen molar-refractivity contribution in [1.82, 2.24) is 0 Å². The predicted molar refractivity (Wildman–Crippen MR) is 49.2 cm³/mol. The second-order valence-corrected chi connectivity index (χ2v) is 2.34. The first-order valence-electron chi connectivity index (χ1n) is 3.87. The van der Waals surface area contributed by atoms with Crippen LogP contribution in [0.4, 0.5) is 0 Å². The highest BCUT2D eigenvalue weighted by molar-refractivity contribution is 5.81. The van der Waals surface area contributed by atoms with Crippen LogP contribution in [0.2, 0.25) is 0 Å². The number of para-hydroxylation sites is 1. The Bertz CT molecular complexity index is 294. The second kappa shape index (κ2) is 4.50. The summed E-state index contributed by atoms with van der Waals surface area (Å²) in [7, 11) is 1.50. The van der Waals surface area contributed by atoms with Crippen molar-refractivity contribution in [3.63, 3.8) is 0 Å². The molecule has 0 heterocycles. The first kappa shape index (κ1) is 9.58. The Morgan fingerprint density at radius 1 is 1.54 bits per heavy atom. The van der Waals surface area contributed by atoms with Gasteiger partial charge in [-0.15, -0.1) is 0 Å². The maximum absolute atomic E-state index is 10.6. The molecule has 0 saturated carbocycles. The first-order valence-corrected chi connectivity index (χ1v) is 3.87. The summed E-state index contributed by atoms with van der Waals surface area (Å²) in [4.78, 5) is 10.6. The van der Waals surface area contributed by atoms with Gasteiger partial charge < -0.3 is 9.47 Å². The highest BCUT2D eigenvalue weighted by Crippen LogP contribution is 2.29. The number of carbonyl (C=O) groups is 1. The van der Waals surface area contributed by atoms with Crippen molar-refractivity contribution in [2.45, 2.75) is 0 Å². The van der Waals surface area contributed by atoms with Crippen molar-refractivity contribution in [1.29, 1.82) is 0 Å². The van der Waals surface area contributed by atoms with Gasteiger partial charge in [0.15, 0.2) is 17.8 Å². The van der Waals surface area contributed by atoms with Gasteiger partial charge in [0.2, 0.25) is 0 Å². The van der Waals surface area contributed by atoms with E-state index in [-0.39, 0.29) is 0 Å². The molecule has 0 unspecified atom stereocenters. The van der Waals surface area contributed by atoms with Crippen molar-refractivity contribution in [2.75, 3.05) is 13.7 Å². The number of aldehydes is 1. The zero-order valence-corrected chi connectivity index (χ0v) is 7.45. The summed E-state index contributed by atoms with van der Waals surface area (Å²) in [5.74, 6) is 1.00. The van der Waals surface area contributed by atoms with E-state index in [1.165, 1.54) is 7.11 Å². The molecule has 0 saturated heterocycles. The lowest BCUT2D eigenvalue weighted by Crippen LogP contribution is -1.98. The van der Waals surface area contributed by atoms with Gasteiger partial charge in [-0.05, 0) is 19.1 Å². The standard InChI is InChI=1S/C10H11O3/c1-3-13-9-6-4-5-8(7-11)10(9)12-2/h4-7H,1,3H2,2H3. The minimum absolute atomic E-state index is 0.304. The summed E-state index contributed by atoms with van der Waals surface area (Å²) in [6.07, 6.45) is 0.731. The highest BCUT2D eigenvalue weighted by Gasteiger charge is 2.07. The molecule has 0 aliphatic heterocycles. The molecule has 0 amide bonds. The Balaban J connectivity index is 3.10. The van der Waals surface area contributed by atoms with Crippen LogP contribution in [0, 0.1) is 6.92 Å². The molecule has 1 aromatic rings. The van der Waals surface area contributed by atoms with Crippen molar-refractivity contribution in [2.24, 2.45) is 0 Å². The fourth-order valence-electron chi connectivity index (χ4n) is 1.07. The molecule has 1 rings (SSSR count). The third kappa shape index (κ3) is 1.99. The number of methoxy groups -OCH3 is 1. The molecular weight excluding hydrogens is 168 g/mol. The normalized spacial score (nSPS) is 9.38. The molecule has 0 aromatic heterocycles. The van der Waals surface area contributed by atoms with Gasteiger partial charge in [-0.25, -0.2) is 0 Å². The molecule has 1 aromatic carbocycles. The minimum atomic E-state index is 0.304. The van der Waals surface area contributed by atoms with Gasteiger partial charge >= 0.3 is 0 Å². The molecule has 3 heteroatoms. The Morgan fingerprint density at radius 3 is 2.85 bits per heavy atom. The molecule has 0 spiro atoms. The maximum atomic E-state index is 10.6. The number of benzene rings is 1. The number of ether oxygens (including phenoxy) is 2. The summed E-state index contributed by atoms with van der Waals surface area (Å²) < 4.78 is 10.2. The van der Waals surface area contributed by atoms with E-state index in [9.17, 15) is 4.79 Å². The maximum Gasteiger partial charge on any atom is 0.171 e. The third-order valence-electron chi connectivity index (χ3n) is 1.60. The van der Waals surface area contributed by atoms with E-state index in [0.29, 0.717) is 23.7 Å². The van der Waals surface area contributed by atoms with Gasteiger partial charge in [-0.1, -0.05) is 6.07 Å². The van der Waals surface area contributed by atoms with Crippen molar-refractivity contribution < 1.29 is 14.3 Å². The fraction of sp³-hybridized carbons (Fsp3) is 0.200. The van der Waals surface area contributed by atoms with E-state index in [1.54, 1.807) is 18.2 Å². The molecular formula is C10H11O3. The number of rotatable bonds is 4. The smallest absolute Gasteiger partial charge is 0.171 e. The quantitative estimate of drug-likeness (QED) is 0.660. The molecule has 13 heavy (non-hydrogen) atoms. The first-order chi connectivity index (χ1) is 6.33. The summed E-state index contributed by atoms with van der Waals surface area (Å²) in [6, 6.07) is 5.13. The van der Waals surface area contributed by atoms with Gasteiger partial charge in [-0.2, -0.15) is 0 Å². The summed E-state index contributed by atoms with van der Waals surface area (Å²) in [6.45, 7) is 3.85. The largest absolute Gasteiger partial charge is 0.492 e. The van der Waals surface area contributed by atoms with Crippen LogP contribution < -0.4 is 9.47 Å². The molecule has 3 nitrogen and oxygen atoms in total. The SMILES string of the molecule is [CH2]COc1cccc(C=O)c1OC. The van der Waals surface area contributed by atoms with Gasteiger partial charge in [-0.3, -0.25) is 4.79 Å². The van der Waals surface area contributed by atoms with Crippen LogP contribution in [0.15, 0.2) is 18.2 Å². The molecule has 1 radical (unpaired) electrons. The average molecular weight is 179 g/mol. The Kier molecular flexibility index (Phi) is 3.31. The second-order valence-electron chi connectivity index (χ2n) is 2.34. The fourth-order valence-corrected chi connectivity index (χ4v) is 1.07. The van der Waals surface area contributed by atoms with Crippen molar-refractivity contribution in [3.8, 4) is 11.5 Å². The molecule has 69 valence electrons. The van der Waals surface area contributed by atoms with Crippen LogP contribution in [0.5, 0.6) is 11.5 Å². The molecule has 0 aliphatic rings. The van der Waals surface area contributed by atoms with Gasteiger partial charge in [0.25, 0.3) is 0 Å². The number of carbonyl (C=O) groups excluding carboxylic acids is 1. The average Bonchev–Trinajstić information content (AvgIpc) is 2.18. The zero-order chi connectivity index (χ0) is 9.68. The number of hydrogen-bond donors (Lipinski definition) is 0. The summed E-state index contributed by atoms with van der Waals surface area (Å²) in [5.41, 5.74) is 0.480. The summed E-state index contributed by atoms with van der Waals surface area (Å²) >= 11 is 0.